The first-order valence-electron chi connectivity index (χ1n) is 3.75. The summed E-state index contributed by atoms with van der Waals surface area (Å²) in [6.45, 7) is 6.18. The minimum atomic E-state index is -2.73. The Morgan fingerprint density at radius 2 is 2.00 bits per heavy atom. The molecule has 3 nitrogen and oxygen atoms in total. The van der Waals surface area contributed by atoms with E-state index in [0.29, 0.717) is 12.5 Å². The van der Waals surface area contributed by atoms with Crippen LogP contribution in [-0.2, 0) is 13.6 Å². The molecule has 0 bridgehead atoms. The molecular formula is C7H17O3P. The van der Waals surface area contributed by atoms with Gasteiger partial charge in [0.15, 0.2) is 0 Å². The van der Waals surface area contributed by atoms with E-state index in [4.69, 9.17) is 4.52 Å². The van der Waals surface area contributed by atoms with Crippen LogP contribution in [-0.4, -0.2) is 20.4 Å². The molecule has 0 aliphatic carbocycles. The van der Waals surface area contributed by atoms with Crippen molar-refractivity contribution in [2.75, 3.05) is 20.4 Å². The predicted octanol–water partition coefficient (Wildman–Crippen LogP) is 2.52. The highest BCUT2D eigenvalue weighted by Gasteiger charge is 2.13. The Kier molecular flexibility index (Phi) is 4.98. The van der Waals surface area contributed by atoms with Gasteiger partial charge in [-0.05, 0) is 12.3 Å². The van der Waals surface area contributed by atoms with Gasteiger partial charge in [-0.25, -0.2) is 0 Å². The fraction of sp³-hybridized carbons (Fsp3) is 1.00. The van der Waals surface area contributed by atoms with Gasteiger partial charge in [-0.1, -0.05) is 13.8 Å². The first kappa shape index (κ1) is 11.2. The van der Waals surface area contributed by atoms with Gasteiger partial charge in [0, 0.05) is 13.8 Å². The van der Waals surface area contributed by atoms with E-state index < -0.39 is 7.60 Å². The highest BCUT2D eigenvalue weighted by Crippen LogP contribution is 2.42. The van der Waals surface area contributed by atoms with Crippen molar-refractivity contribution >= 4 is 7.60 Å². The van der Waals surface area contributed by atoms with Gasteiger partial charge < -0.3 is 9.05 Å². The highest BCUT2D eigenvalue weighted by atomic mass is 31.2. The average Bonchev–Trinajstić information content (AvgIpc) is 1.87. The quantitative estimate of drug-likeness (QED) is 0.610. The van der Waals surface area contributed by atoms with Crippen molar-refractivity contribution in [3.63, 3.8) is 0 Å². The van der Waals surface area contributed by atoms with Gasteiger partial charge >= 0.3 is 7.60 Å². The fourth-order valence-electron chi connectivity index (χ4n) is 0.507. The lowest BCUT2D eigenvalue weighted by molar-refractivity contribution is 0.226. The minimum Gasteiger partial charge on any atom is -0.312 e. The van der Waals surface area contributed by atoms with E-state index in [0.717, 1.165) is 6.42 Å². The molecule has 0 saturated carbocycles. The predicted molar refractivity (Wildman–Crippen MR) is 45.9 cm³/mol. The summed E-state index contributed by atoms with van der Waals surface area (Å²) >= 11 is 0. The summed E-state index contributed by atoms with van der Waals surface area (Å²) in [6, 6.07) is 0. The van der Waals surface area contributed by atoms with Gasteiger partial charge in [0.25, 0.3) is 0 Å². The molecule has 0 rings (SSSR count). The summed E-state index contributed by atoms with van der Waals surface area (Å²) < 4.78 is 20.8. The van der Waals surface area contributed by atoms with E-state index in [1.807, 2.05) is 0 Å². The third kappa shape index (κ3) is 6.54. The van der Waals surface area contributed by atoms with Crippen molar-refractivity contribution in [2.24, 2.45) is 5.92 Å². The molecule has 4 heteroatoms. The summed E-state index contributed by atoms with van der Waals surface area (Å²) in [5, 5.41) is 0. The van der Waals surface area contributed by atoms with Gasteiger partial charge in [-0.3, -0.25) is 4.57 Å². The van der Waals surface area contributed by atoms with Crippen molar-refractivity contribution in [1.29, 1.82) is 0 Å². The number of hydrogen-bond acceptors (Lipinski definition) is 3. The van der Waals surface area contributed by atoms with Crippen LogP contribution in [0.25, 0.3) is 0 Å². The van der Waals surface area contributed by atoms with E-state index in [1.165, 1.54) is 13.8 Å². The first-order chi connectivity index (χ1) is 4.98. The highest BCUT2D eigenvalue weighted by molar-refractivity contribution is 7.52. The van der Waals surface area contributed by atoms with E-state index in [1.54, 1.807) is 0 Å². The molecule has 0 N–H and O–H groups in total. The summed E-state index contributed by atoms with van der Waals surface area (Å²) in [4.78, 5) is 0. The Bertz CT molecular complexity index is 145. The van der Waals surface area contributed by atoms with Crippen molar-refractivity contribution in [1.82, 2.24) is 0 Å². The van der Waals surface area contributed by atoms with Gasteiger partial charge in [0.2, 0.25) is 0 Å². The second-order valence-electron chi connectivity index (χ2n) is 2.97. The Morgan fingerprint density at radius 1 is 1.45 bits per heavy atom. The van der Waals surface area contributed by atoms with E-state index in [9.17, 15) is 4.57 Å². The number of rotatable bonds is 5. The summed E-state index contributed by atoms with van der Waals surface area (Å²) in [7, 11) is -1.33. The molecule has 0 fully saturated rings. The van der Waals surface area contributed by atoms with Crippen molar-refractivity contribution in [3.05, 3.63) is 0 Å². The molecule has 11 heavy (non-hydrogen) atoms. The van der Waals surface area contributed by atoms with Gasteiger partial charge in [-0.15, -0.1) is 0 Å². The largest absolute Gasteiger partial charge is 0.327 e. The molecule has 0 radical (unpaired) electrons. The SMILES string of the molecule is COP(C)(=O)OCCC(C)C. The maximum Gasteiger partial charge on any atom is 0.327 e. The lowest BCUT2D eigenvalue weighted by Crippen LogP contribution is -1.97. The zero-order chi connectivity index (χ0) is 8.91. The topological polar surface area (TPSA) is 35.5 Å². The minimum absolute atomic E-state index is 0.513. The van der Waals surface area contributed by atoms with Gasteiger partial charge in [-0.2, -0.15) is 0 Å². The van der Waals surface area contributed by atoms with Gasteiger partial charge in [0.1, 0.15) is 0 Å². The molecule has 0 heterocycles. The van der Waals surface area contributed by atoms with Crippen LogP contribution in [0, 0.1) is 5.92 Å². The molecule has 1 unspecified atom stereocenters. The zero-order valence-corrected chi connectivity index (χ0v) is 8.56. The normalized spacial score (nSPS) is 16.8. The average molecular weight is 180 g/mol. The third-order valence-electron chi connectivity index (χ3n) is 1.35. The maximum atomic E-state index is 11.1. The fourth-order valence-corrected chi connectivity index (χ4v) is 1.05. The van der Waals surface area contributed by atoms with Crippen LogP contribution in [0.2, 0.25) is 0 Å². The summed E-state index contributed by atoms with van der Waals surface area (Å²) in [6.07, 6.45) is 0.918. The standard InChI is InChI=1S/C7H17O3P/c1-7(2)5-6-10-11(4,8)9-3/h7H,5-6H2,1-4H3. The first-order valence-corrected chi connectivity index (χ1v) is 5.74. The summed E-state index contributed by atoms with van der Waals surface area (Å²) in [5.41, 5.74) is 0. The second kappa shape index (κ2) is 4.91. The molecule has 0 aromatic heterocycles. The molecule has 0 amide bonds. The lowest BCUT2D eigenvalue weighted by Gasteiger charge is -2.11. The van der Waals surface area contributed by atoms with Gasteiger partial charge in [0.05, 0.1) is 6.61 Å². The molecule has 0 aromatic carbocycles. The molecule has 0 spiro atoms. The Morgan fingerprint density at radius 3 is 2.36 bits per heavy atom. The monoisotopic (exact) mass is 180 g/mol. The van der Waals surface area contributed by atoms with Crippen molar-refractivity contribution < 1.29 is 13.6 Å². The second-order valence-corrected chi connectivity index (χ2v) is 5.14. The Balaban J connectivity index is 3.46. The van der Waals surface area contributed by atoms with Crippen molar-refractivity contribution in [3.8, 4) is 0 Å². The molecule has 0 aliphatic rings. The van der Waals surface area contributed by atoms with Crippen LogP contribution in [0.3, 0.4) is 0 Å². The van der Waals surface area contributed by atoms with Crippen LogP contribution >= 0.6 is 7.60 Å². The van der Waals surface area contributed by atoms with Crippen LogP contribution in [0.4, 0.5) is 0 Å². The van der Waals surface area contributed by atoms with Crippen molar-refractivity contribution in [2.45, 2.75) is 20.3 Å². The third-order valence-corrected chi connectivity index (χ3v) is 2.67. The van der Waals surface area contributed by atoms with Crippen LogP contribution in [0.15, 0.2) is 0 Å². The zero-order valence-electron chi connectivity index (χ0n) is 7.66. The molecule has 1 atom stereocenters. The van der Waals surface area contributed by atoms with E-state index in [2.05, 4.69) is 18.4 Å². The lowest BCUT2D eigenvalue weighted by atomic mass is 10.2. The smallest absolute Gasteiger partial charge is 0.312 e. The van der Waals surface area contributed by atoms with Crippen LogP contribution in [0.1, 0.15) is 20.3 Å². The molecule has 0 aromatic rings. The number of hydrogen-bond donors (Lipinski definition) is 0. The Labute approximate surface area is 68.6 Å². The Hall–Kier alpha value is 0.150. The molecule has 68 valence electrons. The summed E-state index contributed by atoms with van der Waals surface area (Å²) in [5.74, 6) is 0.576. The molecule has 0 aliphatic heterocycles. The van der Waals surface area contributed by atoms with Crippen LogP contribution in [0.5, 0.6) is 0 Å². The maximum absolute atomic E-state index is 11.1. The molecular weight excluding hydrogens is 163 g/mol. The molecule has 0 saturated heterocycles. The van der Waals surface area contributed by atoms with E-state index >= 15 is 0 Å². The van der Waals surface area contributed by atoms with Crippen LogP contribution < -0.4 is 0 Å². The van der Waals surface area contributed by atoms with E-state index in [-0.39, 0.29) is 0 Å².